The minimum atomic E-state index is -0.495. The summed E-state index contributed by atoms with van der Waals surface area (Å²) in [6, 6.07) is 38.7. The Balaban J connectivity index is 1.58. The number of benzene rings is 4. The van der Waals surface area contributed by atoms with E-state index in [9.17, 15) is 0 Å². The molecule has 3 heterocycles. The highest BCUT2D eigenvalue weighted by Gasteiger charge is 2.36. The first-order valence-electron chi connectivity index (χ1n) is 13.9. The van der Waals surface area contributed by atoms with Crippen molar-refractivity contribution < 1.29 is 0 Å². The van der Waals surface area contributed by atoms with Crippen LogP contribution in [0.3, 0.4) is 0 Å². The molecule has 0 atom stereocenters. The van der Waals surface area contributed by atoms with E-state index in [1.807, 2.05) is 9.36 Å². The Morgan fingerprint density at radius 3 is 1.32 bits per heavy atom. The fraction of sp³-hybridized carbons (Fsp3) is 0.167. The smallest absolute Gasteiger partial charge is 0.0824 e. The summed E-state index contributed by atoms with van der Waals surface area (Å²) in [6.07, 6.45) is 4.36. The van der Waals surface area contributed by atoms with Gasteiger partial charge in [-0.2, -0.15) is 10.2 Å². The van der Waals surface area contributed by atoms with Gasteiger partial charge in [0.25, 0.3) is 0 Å². The van der Waals surface area contributed by atoms with Crippen molar-refractivity contribution in [3.8, 4) is 33.6 Å². The van der Waals surface area contributed by atoms with Gasteiger partial charge in [0, 0.05) is 28.9 Å². The molecule has 1 aliphatic rings. The molecular weight excluding hydrogens is 488 g/mol. The number of fused-ring (bicyclic) bond motifs is 10. The van der Waals surface area contributed by atoms with E-state index in [1.165, 1.54) is 11.1 Å². The van der Waals surface area contributed by atoms with Gasteiger partial charge in [-0.3, -0.25) is 0 Å². The highest BCUT2D eigenvalue weighted by Crippen LogP contribution is 2.42. The molecule has 0 aliphatic carbocycles. The Hall–Kier alpha value is -4.70. The molecule has 2 aromatic heterocycles. The fourth-order valence-corrected chi connectivity index (χ4v) is 5.95. The van der Waals surface area contributed by atoms with E-state index in [4.69, 9.17) is 10.2 Å². The normalized spacial score (nSPS) is 14.9. The summed E-state index contributed by atoms with van der Waals surface area (Å²) in [5.41, 5.74) is 10.4. The molecule has 1 aliphatic heterocycles. The SMILES string of the molecule is CC1(C)c2cccc(c2)-n2cc(-c3ccccc3)c(n2)C(C)(C)c2nn(cc2-c2ccccc2)-c2cccc1c2. The van der Waals surface area contributed by atoms with Gasteiger partial charge in [0.2, 0.25) is 0 Å². The molecule has 0 radical (unpaired) electrons. The molecule has 8 bridgehead atoms. The predicted molar refractivity (Wildman–Crippen MR) is 162 cm³/mol. The van der Waals surface area contributed by atoms with Crippen LogP contribution < -0.4 is 0 Å². The Labute approximate surface area is 235 Å². The lowest BCUT2D eigenvalue weighted by molar-refractivity contribution is 0.577. The van der Waals surface area contributed by atoms with E-state index in [0.29, 0.717) is 0 Å². The summed E-state index contributed by atoms with van der Waals surface area (Å²) in [6.45, 7) is 9.06. The van der Waals surface area contributed by atoms with Crippen molar-refractivity contribution in [3.05, 3.63) is 144 Å². The van der Waals surface area contributed by atoms with Gasteiger partial charge in [-0.25, -0.2) is 9.36 Å². The average Bonchev–Trinajstić information content (AvgIpc) is 3.65. The van der Waals surface area contributed by atoms with Crippen molar-refractivity contribution in [1.29, 1.82) is 0 Å². The molecule has 0 unspecified atom stereocenters. The average molecular weight is 521 g/mol. The Morgan fingerprint density at radius 2 is 0.900 bits per heavy atom. The first-order chi connectivity index (χ1) is 19.3. The van der Waals surface area contributed by atoms with Crippen LogP contribution in [0.4, 0.5) is 0 Å². The topological polar surface area (TPSA) is 35.6 Å². The minimum absolute atomic E-state index is 0.216. The van der Waals surface area contributed by atoms with Gasteiger partial charge in [0.15, 0.2) is 0 Å². The Morgan fingerprint density at radius 1 is 0.475 bits per heavy atom. The van der Waals surface area contributed by atoms with Gasteiger partial charge in [0.1, 0.15) is 0 Å². The fourth-order valence-electron chi connectivity index (χ4n) is 5.95. The molecule has 0 saturated carbocycles. The van der Waals surface area contributed by atoms with Crippen LogP contribution in [0.25, 0.3) is 33.6 Å². The maximum Gasteiger partial charge on any atom is 0.0824 e. The maximum absolute atomic E-state index is 5.31. The summed E-state index contributed by atoms with van der Waals surface area (Å²) < 4.78 is 4.08. The molecule has 4 heteroatoms. The van der Waals surface area contributed by atoms with E-state index in [1.54, 1.807) is 0 Å². The van der Waals surface area contributed by atoms with Crippen molar-refractivity contribution >= 4 is 0 Å². The number of hydrogen-bond donors (Lipinski definition) is 0. The Bertz CT molecular complexity index is 1710. The molecule has 0 N–H and O–H groups in total. The first kappa shape index (κ1) is 24.3. The predicted octanol–water partition coefficient (Wildman–Crippen LogP) is 8.36. The van der Waals surface area contributed by atoms with Gasteiger partial charge >= 0.3 is 0 Å². The zero-order chi connectivity index (χ0) is 27.5. The maximum atomic E-state index is 5.31. The van der Waals surface area contributed by atoms with Gasteiger partial charge in [-0.15, -0.1) is 0 Å². The highest BCUT2D eigenvalue weighted by atomic mass is 15.3. The van der Waals surface area contributed by atoms with Crippen LogP contribution in [0, 0.1) is 0 Å². The van der Waals surface area contributed by atoms with Crippen molar-refractivity contribution in [1.82, 2.24) is 19.6 Å². The molecule has 0 saturated heterocycles. The second-order valence-electron chi connectivity index (χ2n) is 11.8. The second kappa shape index (κ2) is 8.92. The van der Waals surface area contributed by atoms with Crippen molar-refractivity contribution in [3.63, 3.8) is 0 Å². The van der Waals surface area contributed by atoms with E-state index < -0.39 is 5.41 Å². The summed E-state index contributed by atoms with van der Waals surface area (Å²) in [7, 11) is 0. The largest absolute Gasteiger partial charge is 0.240 e. The third-order valence-corrected chi connectivity index (χ3v) is 8.45. The van der Waals surface area contributed by atoms with Gasteiger partial charge in [-0.05, 0) is 60.4 Å². The molecule has 0 spiro atoms. The first-order valence-corrected chi connectivity index (χ1v) is 13.9. The van der Waals surface area contributed by atoms with Crippen molar-refractivity contribution in [2.24, 2.45) is 0 Å². The zero-order valence-corrected chi connectivity index (χ0v) is 23.3. The van der Waals surface area contributed by atoms with Gasteiger partial charge < -0.3 is 0 Å². The number of hydrogen-bond acceptors (Lipinski definition) is 2. The van der Waals surface area contributed by atoms with E-state index in [0.717, 1.165) is 45.0 Å². The summed E-state index contributed by atoms with van der Waals surface area (Å²) in [5, 5.41) is 10.6. The van der Waals surface area contributed by atoms with Crippen molar-refractivity contribution in [2.45, 2.75) is 38.5 Å². The van der Waals surface area contributed by atoms with Crippen LogP contribution in [0.15, 0.2) is 122 Å². The third kappa shape index (κ3) is 3.83. The van der Waals surface area contributed by atoms with E-state index in [-0.39, 0.29) is 5.41 Å². The molecular formula is C36H32N4. The Kier molecular flexibility index (Phi) is 5.43. The summed E-state index contributed by atoms with van der Waals surface area (Å²) in [4.78, 5) is 0. The van der Waals surface area contributed by atoms with Crippen LogP contribution in [-0.2, 0) is 10.8 Å². The summed E-state index contributed by atoms with van der Waals surface area (Å²) in [5.74, 6) is 0. The lowest BCUT2D eigenvalue weighted by Gasteiger charge is -2.27. The van der Waals surface area contributed by atoms with Gasteiger partial charge in [0.05, 0.1) is 28.2 Å². The lowest BCUT2D eigenvalue weighted by atomic mass is 9.78. The van der Waals surface area contributed by atoms with Crippen LogP contribution in [0.2, 0.25) is 0 Å². The number of nitrogens with zero attached hydrogens (tertiary/aromatic N) is 4. The van der Waals surface area contributed by atoms with Crippen molar-refractivity contribution in [2.75, 3.05) is 0 Å². The van der Waals surface area contributed by atoms with E-state index in [2.05, 4.69) is 149 Å². The zero-order valence-electron chi connectivity index (χ0n) is 23.3. The molecule has 6 aromatic rings. The number of aromatic nitrogens is 4. The highest BCUT2D eigenvalue weighted by molar-refractivity contribution is 5.72. The molecule has 7 rings (SSSR count). The van der Waals surface area contributed by atoms with Crippen LogP contribution in [0.5, 0.6) is 0 Å². The van der Waals surface area contributed by atoms with Gasteiger partial charge in [-0.1, -0.05) is 98.8 Å². The van der Waals surface area contributed by atoms with Crippen LogP contribution in [-0.4, -0.2) is 19.6 Å². The second-order valence-corrected chi connectivity index (χ2v) is 11.8. The van der Waals surface area contributed by atoms with Crippen LogP contribution >= 0.6 is 0 Å². The molecule has 196 valence electrons. The molecule has 40 heavy (non-hydrogen) atoms. The lowest BCUT2D eigenvalue weighted by Crippen LogP contribution is -2.23. The monoisotopic (exact) mass is 520 g/mol. The molecule has 4 nitrogen and oxygen atoms in total. The third-order valence-electron chi connectivity index (χ3n) is 8.45. The van der Waals surface area contributed by atoms with Crippen LogP contribution in [0.1, 0.15) is 50.2 Å². The number of rotatable bonds is 2. The molecule has 4 aromatic carbocycles. The standard InChI is InChI=1S/C36H32N4/c1-35(2)27-17-11-19-29(21-27)39-23-31(25-13-7-5-8-14-25)33(37-39)36(3,4)34-32(26-15-9-6-10-16-26)24-40(38-34)30-20-12-18-28(35)22-30/h5-24H,1-4H3. The minimum Gasteiger partial charge on any atom is -0.240 e. The quantitative estimate of drug-likeness (QED) is 0.230. The summed E-state index contributed by atoms with van der Waals surface area (Å²) >= 11 is 0. The molecule has 0 amide bonds. The molecule has 0 fully saturated rings. The van der Waals surface area contributed by atoms with E-state index >= 15 is 0 Å².